The Hall–Kier alpha value is -1.51. The van der Waals surface area contributed by atoms with Crippen LogP contribution in [-0.2, 0) is 10.1 Å². The molecule has 0 saturated carbocycles. The van der Waals surface area contributed by atoms with Crippen molar-refractivity contribution < 1.29 is 17.9 Å². The SMILES string of the molecule is O=[N+]([O-])c1cccc2sc(S(=O)(=O)O)cc12. The van der Waals surface area contributed by atoms with Crippen LogP contribution in [-0.4, -0.2) is 17.9 Å². The number of non-ortho nitro benzene ring substituents is 1. The molecule has 2 rings (SSSR count). The van der Waals surface area contributed by atoms with Crippen LogP contribution in [0, 0.1) is 10.1 Å². The first-order chi connectivity index (χ1) is 7.39. The van der Waals surface area contributed by atoms with Gasteiger partial charge in [-0.05, 0) is 12.1 Å². The minimum absolute atomic E-state index is 0.177. The summed E-state index contributed by atoms with van der Waals surface area (Å²) in [7, 11) is -4.31. The third-order valence-corrected chi connectivity index (χ3v) is 4.37. The number of benzene rings is 1. The summed E-state index contributed by atoms with van der Waals surface area (Å²) >= 11 is 0.793. The molecule has 1 N–H and O–H groups in total. The quantitative estimate of drug-likeness (QED) is 0.505. The lowest BCUT2D eigenvalue weighted by atomic mass is 10.2. The average molecular weight is 259 g/mol. The first-order valence-electron chi connectivity index (χ1n) is 4.04. The van der Waals surface area contributed by atoms with Gasteiger partial charge in [0.2, 0.25) is 0 Å². The van der Waals surface area contributed by atoms with Crippen molar-refractivity contribution in [2.75, 3.05) is 0 Å². The van der Waals surface area contributed by atoms with Gasteiger partial charge in [0.25, 0.3) is 5.69 Å². The monoisotopic (exact) mass is 259 g/mol. The summed E-state index contributed by atoms with van der Waals surface area (Å²) < 4.78 is 30.7. The molecule has 0 bridgehead atoms. The van der Waals surface area contributed by atoms with Gasteiger partial charge in [-0.3, -0.25) is 14.7 Å². The van der Waals surface area contributed by atoms with Crippen molar-refractivity contribution in [2.45, 2.75) is 4.21 Å². The zero-order valence-electron chi connectivity index (χ0n) is 7.65. The number of thiophene rings is 1. The molecule has 16 heavy (non-hydrogen) atoms. The fourth-order valence-electron chi connectivity index (χ4n) is 1.31. The molecule has 0 aliphatic carbocycles. The van der Waals surface area contributed by atoms with E-state index in [4.69, 9.17) is 4.55 Å². The molecule has 0 saturated heterocycles. The Bertz CT molecular complexity index is 673. The first-order valence-corrected chi connectivity index (χ1v) is 6.29. The molecule has 1 aromatic heterocycles. The fraction of sp³-hybridized carbons (Fsp3) is 0. The molecule has 0 radical (unpaired) electrons. The zero-order valence-corrected chi connectivity index (χ0v) is 9.29. The van der Waals surface area contributed by atoms with E-state index in [1.807, 2.05) is 0 Å². The van der Waals surface area contributed by atoms with Crippen LogP contribution in [0.3, 0.4) is 0 Å². The third kappa shape index (κ3) is 1.77. The second-order valence-corrected chi connectivity index (χ2v) is 5.72. The molecule has 2 aromatic rings. The van der Waals surface area contributed by atoms with Gasteiger partial charge in [0.15, 0.2) is 0 Å². The molecule has 0 aliphatic heterocycles. The van der Waals surface area contributed by atoms with E-state index < -0.39 is 15.0 Å². The van der Waals surface area contributed by atoms with Gasteiger partial charge in [-0.2, -0.15) is 8.42 Å². The van der Waals surface area contributed by atoms with E-state index in [1.54, 1.807) is 6.07 Å². The molecule has 6 nitrogen and oxygen atoms in total. The van der Waals surface area contributed by atoms with Crippen LogP contribution in [0.4, 0.5) is 5.69 Å². The predicted octanol–water partition coefficient (Wildman–Crippen LogP) is 2.06. The summed E-state index contributed by atoms with van der Waals surface area (Å²) in [5, 5.41) is 10.9. The molecule has 0 atom stereocenters. The lowest BCUT2D eigenvalue weighted by Crippen LogP contribution is -1.93. The highest BCUT2D eigenvalue weighted by molar-refractivity contribution is 7.88. The molecule has 0 spiro atoms. The summed E-state index contributed by atoms with van der Waals surface area (Å²) in [6, 6.07) is 5.41. The van der Waals surface area contributed by atoms with Crippen LogP contribution in [0.5, 0.6) is 0 Å². The number of hydrogen-bond acceptors (Lipinski definition) is 5. The van der Waals surface area contributed by atoms with Gasteiger partial charge < -0.3 is 0 Å². The highest BCUT2D eigenvalue weighted by Crippen LogP contribution is 2.34. The molecule has 84 valence electrons. The summed E-state index contributed by atoms with van der Waals surface area (Å²) in [6.45, 7) is 0. The van der Waals surface area contributed by atoms with Gasteiger partial charge in [0.05, 0.1) is 10.3 Å². The normalized spacial score (nSPS) is 11.8. The molecule has 0 amide bonds. The average Bonchev–Trinajstić information content (AvgIpc) is 2.59. The molecule has 8 heteroatoms. The number of fused-ring (bicyclic) bond motifs is 1. The van der Waals surface area contributed by atoms with Crippen molar-refractivity contribution in [3.8, 4) is 0 Å². The Kier molecular flexibility index (Phi) is 2.41. The maximum absolute atomic E-state index is 10.9. The maximum Gasteiger partial charge on any atom is 0.304 e. The lowest BCUT2D eigenvalue weighted by molar-refractivity contribution is -0.383. The van der Waals surface area contributed by atoms with Gasteiger partial charge in [0.1, 0.15) is 4.21 Å². The second-order valence-electron chi connectivity index (χ2n) is 2.99. The van der Waals surface area contributed by atoms with Gasteiger partial charge >= 0.3 is 10.1 Å². The van der Waals surface area contributed by atoms with E-state index >= 15 is 0 Å². The highest BCUT2D eigenvalue weighted by atomic mass is 32.3. The van der Waals surface area contributed by atoms with Crippen molar-refractivity contribution >= 4 is 37.2 Å². The fourth-order valence-corrected chi connectivity index (χ4v) is 3.08. The van der Waals surface area contributed by atoms with Crippen molar-refractivity contribution in [3.05, 3.63) is 34.4 Å². The summed E-state index contributed by atoms with van der Waals surface area (Å²) in [5.74, 6) is 0. The number of nitro benzene ring substituents is 1. The van der Waals surface area contributed by atoms with E-state index in [1.165, 1.54) is 12.1 Å². The van der Waals surface area contributed by atoms with E-state index in [0.29, 0.717) is 4.70 Å². The van der Waals surface area contributed by atoms with Crippen molar-refractivity contribution in [1.29, 1.82) is 0 Å². The van der Waals surface area contributed by atoms with E-state index in [0.717, 1.165) is 17.4 Å². The first kappa shape index (κ1) is 11.0. The minimum atomic E-state index is -4.31. The Balaban J connectivity index is 2.81. The van der Waals surface area contributed by atoms with Crippen LogP contribution in [0.2, 0.25) is 0 Å². The Labute approximate surface area is 94.0 Å². The number of nitrogens with zero attached hydrogens (tertiary/aromatic N) is 1. The van der Waals surface area contributed by atoms with Gasteiger partial charge in [0, 0.05) is 10.8 Å². The van der Waals surface area contributed by atoms with Gasteiger partial charge in [-0.1, -0.05) is 6.07 Å². The number of hydrogen-bond donors (Lipinski definition) is 1. The highest BCUT2D eigenvalue weighted by Gasteiger charge is 2.19. The number of rotatable bonds is 2. The van der Waals surface area contributed by atoms with Crippen LogP contribution in [0.1, 0.15) is 0 Å². The molecule has 1 heterocycles. The summed E-state index contributed by atoms with van der Waals surface area (Å²) in [5.41, 5.74) is -0.177. The van der Waals surface area contributed by atoms with Crippen LogP contribution in [0.15, 0.2) is 28.5 Å². The third-order valence-electron chi connectivity index (χ3n) is 1.97. The Morgan fingerprint density at radius 2 is 2.06 bits per heavy atom. The van der Waals surface area contributed by atoms with Crippen molar-refractivity contribution in [3.63, 3.8) is 0 Å². The predicted molar refractivity (Wildman–Crippen MR) is 58.3 cm³/mol. The van der Waals surface area contributed by atoms with E-state index in [2.05, 4.69) is 0 Å². The molecule has 1 aromatic carbocycles. The van der Waals surface area contributed by atoms with Gasteiger partial charge in [-0.25, -0.2) is 0 Å². The van der Waals surface area contributed by atoms with Crippen LogP contribution >= 0.6 is 11.3 Å². The largest absolute Gasteiger partial charge is 0.304 e. The molecular weight excluding hydrogens is 254 g/mol. The smallest absolute Gasteiger partial charge is 0.281 e. The Morgan fingerprint density at radius 1 is 1.38 bits per heavy atom. The van der Waals surface area contributed by atoms with Gasteiger partial charge in [-0.15, -0.1) is 11.3 Å². The maximum atomic E-state index is 10.9. The van der Waals surface area contributed by atoms with Crippen molar-refractivity contribution in [2.24, 2.45) is 0 Å². The minimum Gasteiger partial charge on any atom is -0.281 e. The molecular formula is C8H5NO5S2. The molecule has 0 unspecified atom stereocenters. The molecule has 0 aliphatic rings. The second kappa shape index (κ2) is 3.51. The lowest BCUT2D eigenvalue weighted by Gasteiger charge is -1.91. The van der Waals surface area contributed by atoms with Crippen LogP contribution in [0.25, 0.3) is 10.1 Å². The van der Waals surface area contributed by atoms with Crippen molar-refractivity contribution in [1.82, 2.24) is 0 Å². The molecule has 0 fully saturated rings. The standard InChI is InChI=1S/C8H5NO5S2/c10-9(11)6-2-1-3-7-5(6)4-8(15-7)16(12,13)14/h1-4H,(H,12,13,14). The van der Waals surface area contributed by atoms with Crippen LogP contribution < -0.4 is 0 Å². The van der Waals surface area contributed by atoms with E-state index in [-0.39, 0.29) is 15.3 Å². The zero-order chi connectivity index (χ0) is 11.9. The Morgan fingerprint density at radius 3 is 2.62 bits per heavy atom. The topological polar surface area (TPSA) is 97.5 Å². The summed E-state index contributed by atoms with van der Waals surface area (Å²) in [6.07, 6.45) is 0. The summed E-state index contributed by atoms with van der Waals surface area (Å²) in [4.78, 5) is 10.1. The van der Waals surface area contributed by atoms with E-state index in [9.17, 15) is 18.5 Å². The number of nitro groups is 1.